The fourth-order valence-corrected chi connectivity index (χ4v) is 1.42. The van der Waals surface area contributed by atoms with Gasteiger partial charge in [-0.05, 0) is 6.92 Å². The van der Waals surface area contributed by atoms with Crippen molar-refractivity contribution in [1.82, 2.24) is 0 Å². The van der Waals surface area contributed by atoms with Crippen LogP contribution in [0.15, 0.2) is 0 Å². The molecule has 0 rings (SSSR count). The number of ether oxygens (including phenoxy) is 1. The van der Waals surface area contributed by atoms with Crippen LogP contribution in [-0.4, -0.2) is 39.9 Å². The zero-order valence-electron chi connectivity index (χ0n) is 7.36. The monoisotopic (exact) mass is 240 g/mol. The molecule has 1 atom stereocenters. The highest BCUT2D eigenvalue weighted by Gasteiger charge is 2.23. The highest BCUT2D eigenvalue weighted by molar-refractivity contribution is 8.02. The molecule has 0 aromatic heterocycles. The number of carbonyl (C=O) groups excluding carboxylic acids is 2. The van der Waals surface area contributed by atoms with Gasteiger partial charge in [-0.1, -0.05) is 0 Å². The standard InChI is InChI=1S/C7H9ClO5S/c1-2-13-4(9)3-14-6(8)5(10)7(11)12/h6H,2-3H2,1H3,(H,11,12). The second kappa shape index (κ2) is 6.67. The lowest BCUT2D eigenvalue weighted by Crippen LogP contribution is -2.22. The molecule has 0 saturated heterocycles. The maximum absolute atomic E-state index is 10.8. The van der Waals surface area contributed by atoms with E-state index in [2.05, 4.69) is 4.74 Å². The average Bonchev–Trinajstić information content (AvgIpc) is 2.13. The zero-order valence-corrected chi connectivity index (χ0v) is 8.93. The molecule has 0 radical (unpaired) electrons. The lowest BCUT2D eigenvalue weighted by Gasteiger charge is -2.04. The summed E-state index contributed by atoms with van der Waals surface area (Å²) in [6.07, 6.45) is 0. The van der Waals surface area contributed by atoms with Crippen molar-refractivity contribution in [2.75, 3.05) is 12.4 Å². The number of Topliss-reactive ketones (excluding diaryl/α,β-unsaturated/α-hetero) is 1. The lowest BCUT2D eigenvalue weighted by atomic mass is 10.5. The number of rotatable bonds is 6. The number of hydrogen-bond donors (Lipinski definition) is 1. The first-order valence-corrected chi connectivity index (χ1v) is 5.16. The van der Waals surface area contributed by atoms with E-state index in [1.807, 2.05) is 0 Å². The summed E-state index contributed by atoms with van der Waals surface area (Å²) in [7, 11) is 0. The highest BCUT2D eigenvalue weighted by Crippen LogP contribution is 2.16. The summed E-state index contributed by atoms with van der Waals surface area (Å²) in [6, 6.07) is 0. The van der Waals surface area contributed by atoms with Crippen molar-refractivity contribution in [3.63, 3.8) is 0 Å². The zero-order chi connectivity index (χ0) is 11.1. The smallest absolute Gasteiger partial charge is 0.374 e. The second-order valence-electron chi connectivity index (χ2n) is 2.10. The van der Waals surface area contributed by atoms with Crippen molar-refractivity contribution in [2.24, 2.45) is 0 Å². The fraction of sp³-hybridized carbons (Fsp3) is 0.571. The van der Waals surface area contributed by atoms with Gasteiger partial charge in [-0.2, -0.15) is 0 Å². The van der Waals surface area contributed by atoms with Gasteiger partial charge < -0.3 is 9.84 Å². The molecular formula is C7H9ClO5S. The van der Waals surface area contributed by atoms with Gasteiger partial charge in [0.05, 0.1) is 12.4 Å². The third-order valence-electron chi connectivity index (χ3n) is 1.07. The molecule has 0 fully saturated rings. The van der Waals surface area contributed by atoms with Crippen LogP contribution >= 0.6 is 23.4 Å². The normalized spacial score (nSPS) is 11.9. The molecule has 0 aliphatic carbocycles. The lowest BCUT2D eigenvalue weighted by molar-refractivity contribution is -0.148. The number of ketones is 1. The molecule has 0 aromatic rings. The number of carboxylic acid groups (broad SMARTS) is 1. The van der Waals surface area contributed by atoms with Gasteiger partial charge in [0.2, 0.25) is 0 Å². The van der Waals surface area contributed by atoms with Crippen molar-refractivity contribution in [3.8, 4) is 0 Å². The number of hydrogen-bond acceptors (Lipinski definition) is 5. The third-order valence-corrected chi connectivity index (χ3v) is 2.56. The molecule has 0 aliphatic heterocycles. The van der Waals surface area contributed by atoms with E-state index in [1.54, 1.807) is 6.92 Å². The van der Waals surface area contributed by atoms with Crippen molar-refractivity contribution in [3.05, 3.63) is 0 Å². The molecule has 0 bridgehead atoms. The number of alkyl halides is 1. The summed E-state index contributed by atoms with van der Waals surface area (Å²) in [5.41, 5.74) is 0. The van der Waals surface area contributed by atoms with Crippen LogP contribution in [-0.2, 0) is 19.1 Å². The molecule has 5 nitrogen and oxygen atoms in total. The van der Waals surface area contributed by atoms with Gasteiger partial charge in [0, 0.05) is 0 Å². The Morgan fingerprint density at radius 1 is 1.50 bits per heavy atom. The second-order valence-corrected chi connectivity index (χ2v) is 3.89. The Hall–Kier alpha value is -0.750. The van der Waals surface area contributed by atoms with Gasteiger partial charge in [-0.15, -0.1) is 23.4 Å². The molecule has 14 heavy (non-hydrogen) atoms. The molecule has 0 aliphatic rings. The number of thioether (sulfide) groups is 1. The van der Waals surface area contributed by atoms with Crippen LogP contribution in [0.2, 0.25) is 0 Å². The number of esters is 1. The topological polar surface area (TPSA) is 80.7 Å². The SMILES string of the molecule is CCOC(=O)CSC(Cl)C(=O)C(=O)O. The molecule has 0 spiro atoms. The van der Waals surface area contributed by atoms with E-state index in [1.165, 1.54) is 0 Å². The molecule has 0 saturated carbocycles. The van der Waals surface area contributed by atoms with Crippen LogP contribution in [0.5, 0.6) is 0 Å². The van der Waals surface area contributed by atoms with E-state index < -0.39 is 22.4 Å². The minimum absolute atomic E-state index is 0.138. The predicted octanol–water partition coefficient (Wildman–Crippen LogP) is 0.501. The Morgan fingerprint density at radius 2 is 2.07 bits per heavy atom. The predicted molar refractivity (Wildman–Crippen MR) is 51.4 cm³/mol. The van der Waals surface area contributed by atoms with Gasteiger partial charge in [0.25, 0.3) is 5.78 Å². The van der Waals surface area contributed by atoms with E-state index in [0.29, 0.717) is 0 Å². The summed E-state index contributed by atoms with van der Waals surface area (Å²) in [5.74, 6) is -3.41. The average molecular weight is 241 g/mol. The summed E-state index contributed by atoms with van der Waals surface area (Å²) in [6.45, 7) is 1.88. The quantitative estimate of drug-likeness (QED) is 0.414. The third kappa shape index (κ3) is 5.08. The summed E-state index contributed by atoms with van der Waals surface area (Å²) < 4.78 is 3.30. The number of carbonyl (C=O) groups is 3. The first-order valence-electron chi connectivity index (χ1n) is 3.67. The van der Waals surface area contributed by atoms with Crippen LogP contribution in [0.3, 0.4) is 0 Å². The van der Waals surface area contributed by atoms with Gasteiger partial charge in [-0.25, -0.2) is 4.79 Å². The highest BCUT2D eigenvalue weighted by atomic mass is 35.5. The molecule has 0 heterocycles. The van der Waals surface area contributed by atoms with Gasteiger partial charge in [0.1, 0.15) is 4.71 Å². The van der Waals surface area contributed by atoms with E-state index in [9.17, 15) is 14.4 Å². The molecule has 1 N–H and O–H groups in total. The van der Waals surface area contributed by atoms with Crippen LogP contribution in [0.1, 0.15) is 6.92 Å². The van der Waals surface area contributed by atoms with Gasteiger partial charge in [0.15, 0.2) is 0 Å². The fourth-order valence-electron chi connectivity index (χ4n) is 0.517. The molecule has 1 unspecified atom stereocenters. The number of aliphatic carboxylic acids is 1. The Morgan fingerprint density at radius 3 is 2.50 bits per heavy atom. The van der Waals surface area contributed by atoms with E-state index in [0.717, 1.165) is 11.8 Å². The van der Waals surface area contributed by atoms with Gasteiger partial charge in [-0.3, -0.25) is 9.59 Å². The van der Waals surface area contributed by atoms with Crippen molar-refractivity contribution < 1.29 is 24.2 Å². The first-order chi connectivity index (χ1) is 6.49. The van der Waals surface area contributed by atoms with Crippen molar-refractivity contribution >= 4 is 41.1 Å². The first kappa shape index (κ1) is 13.2. The van der Waals surface area contributed by atoms with Crippen molar-refractivity contribution in [1.29, 1.82) is 0 Å². The van der Waals surface area contributed by atoms with Gasteiger partial charge >= 0.3 is 11.9 Å². The van der Waals surface area contributed by atoms with Crippen LogP contribution in [0, 0.1) is 0 Å². The Labute approximate surface area is 89.7 Å². The summed E-state index contributed by atoms with van der Waals surface area (Å²) in [4.78, 5) is 31.6. The van der Waals surface area contributed by atoms with Crippen LogP contribution < -0.4 is 0 Å². The van der Waals surface area contributed by atoms with Crippen LogP contribution in [0.4, 0.5) is 0 Å². The largest absolute Gasteiger partial charge is 0.475 e. The van der Waals surface area contributed by atoms with Crippen LogP contribution in [0.25, 0.3) is 0 Å². The summed E-state index contributed by atoms with van der Waals surface area (Å²) >= 11 is 6.12. The molecular weight excluding hydrogens is 232 g/mol. The molecule has 0 amide bonds. The number of carboxylic acids is 1. The van der Waals surface area contributed by atoms with E-state index in [4.69, 9.17) is 16.7 Å². The minimum atomic E-state index is -1.61. The minimum Gasteiger partial charge on any atom is -0.475 e. The van der Waals surface area contributed by atoms with Crippen molar-refractivity contribution in [2.45, 2.75) is 11.6 Å². The molecule has 80 valence electrons. The Bertz CT molecular complexity index is 242. The maximum Gasteiger partial charge on any atom is 0.374 e. The molecule has 7 heteroatoms. The Balaban J connectivity index is 3.84. The van der Waals surface area contributed by atoms with E-state index in [-0.39, 0.29) is 12.4 Å². The number of halogens is 1. The Kier molecular flexibility index (Phi) is 6.31. The molecule has 0 aromatic carbocycles. The van der Waals surface area contributed by atoms with E-state index >= 15 is 0 Å². The summed E-state index contributed by atoms with van der Waals surface area (Å²) in [5, 5.41) is 8.26. The maximum atomic E-state index is 10.8.